The Labute approximate surface area is 332 Å². The summed E-state index contributed by atoms with van der Waals surface area (Å²) in [5.41, 5.74) is 0. The van der Waals surface area contributed by atoms with Crippen LogP contribution in [0, 0.1) is 0 Å². The fraction of sp³-hybridized carbons (Fsp3) is 0.833. The lowest BCUT2D eigenvalue weighted by atomic mass is 10.1. The first-order chi connectivity index (χ1) is 25.2. The normalized spacial score (nSPS) is 12.4. The minimum Gasteiger partial charge on any atom is -0.462 e. The Morgan fingerprint density at radius 2 is 0.846 bits per heavy atom. The molecule has 0 aliphatic heterocycles. The van der Waals surface area contributed by atoms with Crippen LogP contribution in [0.3, 0.4) is 0 Å². The van der Waals surface area contributed by atoms with E-state index in [1.54, 1.807) is 0 Å². The van der Waals surface area contributed by atoms with E-state index in [0.29, 0.717) is 6.42 Å². The zero-order chi connectivity index (χ0) is 38.4. The third-order valence-corrected chi connectivity index (χ3v) is 9.08. The van der Waals surface area contributed by atoms with Crippen molar-refractivity contribution in [2.45, 2.75) is 204 Å². The summed E-state index contributed by atoms with van der Waals surface area (Å²) in [7, 11) is 0. The molecule has 0 N–H and O–H groups in total. The fourth-order valence-electron chi connectivity index (χ4n) is 5.64. The van der Waals surface area contributed by atoms with E-state index in [1.165, 1.54) is 89.9 Å². The lowest BCUT2D eigenvalue weighted by molar-refractivity contribution is -0.162. The summed E-state index contributed by atoms with van der Waals surface area (Å²) < 4.78 is 18.9. The lowest BCUT2D eigenvalue weighted by Gasteiger charge is -2.18. The predicted molar refractivity (Wildman–Crippen MR) is 217 cm³/mol. The molecular formula is C42H73Cl3O7. The van der Waals surface area contributed by atoms with Crippen LogP contribution in [0.25, 0.3) is 0 Å². The first kappa shape index (κ1) is 50.6. The predicted octanol–water partition coefficient (Wildman–Crippen LogP) is 14.0. The number of hydrogen-bond acceptors (Lipinski definition) is 7. The second-order valence-corrected chi connectivity index (χ2v) is 16.4. The number of alkyl halides is 3. The van der Waals surface area contributed by atoms with Crippen LogP contribution >= 0.6 is 34.8 Å². The van der Waals surface area contributed by atoms with Gasteiger partial charge in [-0.25, -0.2) is 4.79 Å². The molecule has 7 nitrogen and oxygen atoms in total. The van der Waals surface area contributed by atoms with E-state index < -0.39 is 28.6 Å². The highest BCUT2D eigenvalue weighted by atomic mass is 35.6. The van der Waals surface area contributed by atoms with Crippen molar-refractivity contribution >= 4 is 52.9 Å². The van der Waals surface area contributed by atoms with Gasteiger partial charge in [-0.3, -0.25) is 9.59 Å². The summed E-state index contributed by atoms with van der Waals surface area (Å²) in [6, 6.07) is 0. The Bertz CT molecular complexity index is 904. The van der Waals surface area contributed by atoms with Crippen LogP contribution in [0.15, 0.2) is 24.3 Å². The second kappa shape index (κ2) is 37.9. The van der Waals surface area contributed by atoms with Crippen LogP contribution in [-0.2, 0) is 28.5 Å². The summed E-state index contributed by atoms with van der Waals surface area (Å²) in [4.78, 5) is 36.9. The molecule has 0 aromatic heterocycles. The van der Waals surface area contributed by atoms with Crippen molar-refractivity contribution in [1.29, 1.82) is 0 Å². The van der Waals surface area contributed by atoms with E-state index in [9.17, 15) is 14.4 Å². The third-order valence-electron chi connectivity index (χ3n) is 8.75. The average molecular weight is 796 g/mol. The molecule has 0 heterocycles. The van der Waals surface area contributed by atoms with Gasteiger partial charge in [0.1, 0.15) is 19.8 Å². The smallest absolute Gasteiger partial charge is 0.462 e. The summed E-state index contributed by atoms with van der Waals surface area (Å²) in [6.45, 7) is 3.42. The Kier molecular flexibility index (Phi) is 36.8. The van der Waals surface area contributed by atoms with Crippen LogP contribution in [0.1, 0.15) is 194 Å². The molecule has 0 amide bonds. The van der Waals surface area contributed by atoms with Crippen molar-refractivity contribution in [3.8, 4) is 0 Å². The minimum atomic E-state index is -1.78. The SMILES string of the molecule is CCCCCCCC/C=C\CCCCCCCC(=O)OC[C@@H](COC(=O)OCC(Cl)(Cl)Cl)OC(=O)CCCCCCC/C=C\CCCCCCCC. The minimum absolute atomic E-state index is 0.222. The van der Waals surface area contributed by atoms with Gasteiger partial charge in [0.25, 0.3) is 0 Å². The molecule has 52 heavy (non-hydrogen) atoms. The molecule has 0 unspecified atom stereocenters. The number of carbonyl (C=O) groups is 3. The van der Waals surface area contributed by atoms with E-state index in [-0.39, 0.29) is 32.0 Å². The monoisotopic (exact) mass is 794 g/mol. The lowest BCUT2D eigenvalue weighted by Crippen LogP contribution is -2.31. The Morgan fingerprint density at radius 3 is 1.27 bits per heavy atom. The summed E-state index contributed by atoms with van der Waals surface area (Å²) in [5, 5.41) is 0. The molecule has 0 spiro atoms. The van der Waals surface area contributed by atoms with Gasteiger partial charge in [-0.1, -0.05) is 176 Å². The molecular weight excluding hydrogens is 723 g/mol. The largest absolute Gasteiger partial charge is 0.508 e. The molecule has 0 aromatic carbocycles. The molecule has 0 rings (SSSR count). The maximum Gasteiger partial charge on any atom is 0.508 e. The van der Waals surface area contributed by atoms with E-state index in [0.717, 1.165) is 70.6 Å². The van der Waals surface area contributed by atoms with Crippen LogP contribution in [-0.4, -0.2) is 47.8 Å². The zero-order valence-corrected chi connectivity index (χ0v) is 35.1. The van der Waals surface area contributed by atoms with E-state index >= 15 is 0 Å². The number of hydrogen-bond donors (Lipinski definition) is 0. The van der Waals surface area contributed by atoms with Crippen molar-refractivity contribution in [2.24, 2.45) is 0 Å². The van der Waals surface area contributed by atoms with Gasteiger partial charge < -0.3 is 18.9 Å². The van der Waals surface area contributed by atoms with Gasteiger partial charge >= 0.3 is 18.1 Å². The highest BCUT2D eigenvalue weighted by molar-refractivity contribution is 6.67. The second-order valence-electron chi connectivity index (χ2n) is 13.9. The summed E-state index contributed by atoms with van der Waals surface area (Å²) in [5.74, 6) is -0.816. The van der Waals surface area contributed by atoms with Crippen LogP contribution in [0.2, 0.25) is 0 Å². The zero-order valence-electron chi connectivity index (χ0n) is 32.8. The Hall–Kier alpha value is -1.44. The maximum atomic E-state index is 12.6. The highest BCUT2D eigenvalue weighted by Gasteiger charge is 2.24. The summed E-state index contributed by atoms with van der Waals surface area (Å²) in [6.07, 6.45) is 38.2. The van der Waals surface area contributed by atoms with E-state index in [1.807, 2.05) is 0 Å². The molecule has 0 aliphatic rings. The van der Waals surface area contributed by atoms with Gasteiger partial charge in [0, 0.05) is 12.8 Å². The van der Waals surface area contributed by atoms with Gasteiger partial charge in [-0.15, -0.1) is 0 Å². The molecule has 0 aliphatic carbocycles. The molecule has 304 valence electrons. The Morgan fingerprint density at radius 1 is 0.481 bits per heavy atom. The van der Waals surface area contributed by atoms with Gasteiger partial charge in [0.05, 0.1) is 0 Å². The number of rotatable bonds is 36. The van der Waals surface area contributed by atoms with Gasteiger partial charge in [0.2, 0.25) is 3.79 Å². The topological polar surface area (TPSA) is 88.1 Å². The average Bonchev–Trinajstić information content (AvgIpc) is 3.11. The fourth-order valence-corrected chi connectivity index (χ4v) is 5.81. The molecule has 0 fully saturated rings. The maximum absolute atomic E-state index is 12.6. The third kappa shape index (κ3) is 39.8. The molecule has 0 saturated heterocycles. The number of allylic oxidation sites excluding steroid dienone is 4. The van der Waals surface area contributed by atoms with Gasteiger partial charge in [0.15, 0.2) is 6.10 Å². The molecule has 1 atom stereocenters. The number of unbranched alkanes of at least 4 members (excludes halogenated alkanes) is 22. The first-order valence-electron chi connectivity index (χ1n) is 20.7. The van der Waals surface area contributed by atoms with Crippen molar-refractivity contribution < 1.29 is 33.3 Å². The number of carbonyl (C=O) groups excluding carboxylic acids is 3. The Balaban J connectivity index is 4.23. The molecule has 10 heteroatoms. The van der Waals surface area contributed by atoms with E-state index in [2.05, 4.69) is 38.2 Å². The van der Waals surface area contributed by atoms with Crippen molar-refractivity contribution in [2.75, 3.05) is 19.8 Å². The molecule has 0 radical (unpaired) electrons. The molecule has 0 saturated carbocycles. The van der Waals surface area contributed by atoms with Crippen molar-refractivity contribution in [1.82, 2.24) is 0 Å². The van der Waals surface area contributed by atoms with Crippen LogP contribution in [0.5, 0.6) is 0 Å². The van der Waals surface area contributed by atoms with Crippen molar-refractivity contribution in [3.63, 3.8) is 0 Å². The first-order valence-corrected chi connectivity index (χ1v) is 21.8. The number of esters is 2. The standard InChI is InChI=1S/C42H73Cl3O7/c1-3-5-7-9-11-13-15-17-19-21-23-25-27-29-31-33-39(46)49-35-38(36-50-41(48)51-37-42(43,44)45)52-40(47)34-32-30-28-26-24-22-20-18-16-14-12-10-8-6-4-2/h17-20,38H,3-16,21-37H2,1-2H3/b19-17-,20-18-/t38-/m0/s1. The van der Waals surface area contributed by atoms with Crippen LogP contribution in [0.4, 0.5) is 4.79 Å². The highest BCUT2D eigenvalue weighted by Crippen LogP contribution is 2.26. The van der Waals surface area contributed by atoms with Crippen molar-refractivity contribution in [3.05, 3.63) is 24.3 Å². The molecule has 0 bridgehead atoms. The molecule has 0 aromatic rings. The quantitative estimate of drug-likeness (QED) is 0.0205. The number of halogens is 3. The van der Waals surface area contributed by atoms with Gasteiger partial charge in [-0.2, -0.15) is 0 Å². The van der Waals surface area contributed by atoms with Gasteiger partial charge in [-0.05, 0) is 64.2 Å². The van der Waals surface area contributed by atoms with E-state index in [4.69, 9.17) is 53.8 Å². The number of ether oxygens (including phenoxy) is 4. The van der Waals surface area contributed by atoms with Crippen LogP contribution < -0.4 is 0 Å². The summed E-state index contributed by atoms with van der Waals surface area (Å²) >= 11 is 16.8.